The van der Waals surface area contributed by atoms with Crippen molar-refractivity contribution in [1.82, 2.24) is 24.1 Å². The summed E-state index contributed by atoms with van der Waals surface area (Å²) in [6, 6.07) is 8.91. The third kappa shape index (κ3) is 3.38. The van der Waals surface area contributed by atoms with Crippen molar-refractivity contribution in [2.75, 3.05) is 7.05 Å². The molecule has 0 saturated heterocycles. The van der Waals surface area contributed by atoms with Crippen LogP contribution in [0.25, 0.3) is 11.2 Å². The first-order valence-electron chi connectivity index (χ1n) is 8.34. The Morgan fingerprint density at radius 1 is 1.19 bits per heavy atom. The van der Waals surface area contributed by atoms with Crippen molar-refractivity contribution in [3.8, 4) is 0 Å². The molecule has 1 aromatic carbocycles. The van der Waals surface area contributed by atoms with Crippen molar-refractivity contribution in [3.63, 3.8) is 0 Å². The van der Waals surface area contributed by atoms with Gasteiger partial charge in [0.15, 0.2) is 11.2 Å². The van der Waals surface area contributed by atoms with Gasteiger partial charge in [0.05, 0.1) is 6.04 Å². The van der Waals surface area contributed by atoms with Gasteiger partial charge in [-0.05, 0) is 12.5 Å². The Labute approximate surface area is 154 Å². The summed E-state index contributed by atoms with van der Waals surface area (Å²) in [5, 5.41) is 20.0. The molecule has 142 valence electrons. The highest BCUT2D eigenvalue weighted by Crippen LogP contribution is 2.21. The van der Waals surface area contributed by atoms with Crippen molar-refractivity contribution in [1.29, 1.82) is 0 Å². The molecule has 27 heavy (non-hydrogen) atoms. The van der Waals surface area contributed by atoms with Crippen molar-refractivity contribution in [2.24, 2.45) is 24.4 Å². The van der Waals surface area contributed by atoms with Crippen LogP contribution in [0, 0.1) is 0 Å². The van der Waals surface area contributed by atoms with Crippen LogP contribution in [0.3, 0.4) is 0 Å². The quantitative estimate of drug-likeness (QED) is 0.512. The average molecular weight is 371 g/mol. The van der Waals surface area contributed by atoms with Gasteiger partial charge in [0.25, 0.3) is 11.5 Å². The molecule has 0 saturated carbocycles. The second-order valence-corrected chi connectivity index (χ2v) is 6.32. The summed E-state index contributed by atoms with van der Waals surface area (Å²) in [6.07, 6.45) is -0.751. The van der Waals surface area contributed by atoms with Gasteiger partial charge >= 0.3 is 5.69 Å². The summed E-state index contributed by atoms with van der Waals surface area (Å²) in [4.78, 5) is 31.1. The van der Waals surface area contributed by atoms with Crippen LogP contribution in [-0.2, 0) is 14.1 Å². The van der Waals surface area contributed by atoms with Gasteiger partial charge in [-0.1, -0.05) is 40.7 Å². The lowest BCUT2D eigenvalue weighted by Crippen LogP contribution is -2.36. The van der Waals surface area contributed by atoms with E-state index < -0.39 is 17.4 Å². The van der Waals surface area contributed by atoms with E-state index in [9.17, 15) is 14.7 Å². The molecule has 3 aromatic rings. The van der Waals surface area contributed by atoms with Crippen LogP contribution in [0.15, 0.2) is 50.3 Å². The van der Waals surface area contributed by atoms with Crippen molar-refractivity contribution >= 4 is 17.1 Å². The smallest absolute Gasteiger partial charge is 0.332 e. The van der Waals surface area contributed by atoms with Crippen molar-refractivity contribution in [2.45, 2.75) is 19.1 Å². The van der Waals surface area contributed by atoms with E-state index in [1.165, 1.54) is 23.7 Å². The lowest BCUT2D eigenvalue weighted by atomic mass is 10.0. The summed E-state index contributed by atoms with van der Waals surface area (Å²) in [5.41, 5.74) is 0.197. The number of aryl methyl sites for hydroxylation is 1. The molecule has 0 aliphatic rings. The highest BCUT2D eigenvalue weighted by atomic mass is 16.3. The highest BCUT2D eigenvalue weighted by molar-refractivity contribution is 5.71. The molecule has 0 bridgehead atoms. The SMILES string of the molecule is C[C@@H]([C@@H](O)c1ccccc1)N(C)/N=N/c1nc2c([nH]1)c(=O)n(C)c(=O)n2C. The van der Waals surface area contributed by atoms with Crippen LogP contribution in [-0.4, -0.2) is 42.3 Å². The average Bonchev–Trinajstić information content (AvgIpc) is 3.13. The van der Waals surface area contributed by atoms with Crippen LogP contribution >= 0.6 is 0 Å². The van der Waals surface area contributed by atoms with Gasteiger partial charge in [-0.3, -0.25) is 18.9 Å². The number of rotatable bonds is 5. The zero-order valence-electron chi connectivity index (χ0n) is 15.5. The summed E-state index contributed by atoms with van der Waals surface area (Å²) in [5.74, 6) is 0.0940. The maximum absolute atomic E-state index is 12.2. The maximum Gasteiger partial charge on any atom is 0.332 e. The first kappa shape index (κ1) is 18.5. The molecule has 0 aliphatic heterocycles. The molecule has 0 spiro atoms. The Balaban J connectivity index is 1.85. The molecular weight excluding hydrogens is 350 g/mol. The number of benzene rings is 1. The second kappa shape index (κ2) is 7.16. The van der Waals surface area contributed by atoms with Gasteiger partial charge in [-0.2, -0.15) is 4.98 Å². The topological polar surface area (TPSA) is 121 Å². The lowest BCUT2D eigenvalue weighted by Gasteiger charge is -2.25. The molecule has 2 atom stereocenters. The summed E-state index contributed by atoms with van der Waals surface area (Å²) in [7, 11) is 4.60. The number of nitrogens with one attached hydrogen (secondary N) is 1. The normalized spacial score (nSPS) is 14.0. The zero-order chi connectivity index (χ0) is 19.7. The van der Waals surface area contributed by atoms with Crippen LogP contribution in [0.2, 0.25) is 0 Å². The molecule has 10 heteroatoms. The van der Waals surface area contributed by atoms with Gasteiger partial charge in [0.2, 0.25) is 0 Å². The van der Waals surface area contributed by atoms with Gasteiger partial charge in [0.1, 0.15) is 6.10 Å². The molecular formula is C17H21N7O3. The third-order valence-corrected chi connectivity index (χ3v) is 4.55. The fourth-order valence-electron chi connectivity index (χ4n) is 2.69. The molecule has 2 N–H and O–H groups in total. The van der Waals surface area contributed by atoms with Crippen LogP contribution in [0.5, 0.6) is 0 Å². The Hall–Kier alpha value is -3.27. The fraction of sp³-hybridized carbons (Fsp3) is 0.353. The Bertz CT molecular complexity index is 1100. The highest BCUT2D eigenvalue weighted by Gasteiger charge is 2.20. The number of aromatic nitrogens is 4. The minimum Gasteiger partial charge on any atom is -0.386 e. The number of H-pyrrole nitrogens is 1. The first-order valence-corrected chi connectivity index (χ1v) is 8.34. The van der Waals surface area contributed by atoms with E-state index in [0.29, 0.717) is 0 Å². The molecule has 10 nitrogen and oxygen atoms in total. The maximum atomic E-state index is 12.2. The molecule has 0 aliphatic carbocycles. The number of hydrogen-bond donors (Lipinski definition) is 2. The number of likely N-dealkylation sites (N-methyl/N-ethyl adjacent to an activating group) is 1. The van der Waals surface area contributed by atoms with Crippen molar-refractivity contribution < 1.29 is 5.11 Å². The van der Waals surface area contributed by atoms with Gasteiger partial charge < -0.3 is 10.1 Å². The van der Waals surface area contributed by atoms with E-state index in [0.717, 1.165) is 10.1 Å². The van der Waals surface area contributed by atoms with E-state index in [1.807, 2.05) is 37.3 Å². The number of aliphatic hydroxyl groups excluding tert-OH is 1. The number of aliphatic hydroxyl groups is 1. The first-order chi connectivity index (χ1) is 12.8. The number of fused-ring (bicyclic) bond motifs is 1. The zero-order valence-corrected chi connectivity index (χ0v) is 15.5. The minimum absolute atomic E-state index is 0.0940. The fourth-order valence-corrected chi connectivity index (χ4v) is 2.69. The number of imidazole rings is 1. The van der Waals surface area contributed by atoms with Crippen LogP contribution in [0.1, 0.15) is 18.6 Å². The summed E-state index contributed by atoms with van der Waals surface area (Å²) in [6.45, 7) is 1.81. The van der Waals surface area contributed by atoms with Gasteiger partial charge in [-0.15, -0.1) is 0 Å². The predicted octanol–water partition coefficient (Wildman–Crippen LogP) is 1.01. The molecule has 0 fully saturated rings. The Morgan fingerprint density at radius 2 is 1.85 bits per heavy atom. The lowest BCUT2D eigenvalue weighted by molar-refractivity contribution is 0.0700. The number of nitrogens with zero attached hydrogens (tertiary/aromatic N) is 6. The summed E-state index contributed by atoms with van der Waals surface area (Å²) < 4.78 is 2.25. The number of aromatic amines is 1. The van der Waals surface area contributed by atoms with Gasteiger partial charge in [-0.25, -0.2) is 4.79 Å². The Kier molecular flexibility index (Phi) is 4.91. The van der Waals surface area contributed by atoms with E-state index in [-0.39, 0.29) is 23.2 Å². The standard InChI is InChI=1S/C17H21N7O3/c1-10(13(25)11-8-6-5-7-9-11)24(4)21-20-16-18-12-14(19-16)22(2)17(27)23(3)15(12)26/h5-10,13,25H,1-4H3,(H,18,19)/b21-20+/t10-,13+/m0/s1. The minimum atomic E-state index is -0.751. The molecule has 3 rings (SSSR count). The largest absolute Gasteiger partial charge is 0.386 e. The van der Waals surface area contributed by atoms with E-state index in [1.54, 1.807) is 7.05 Å². The van der Waals surface area contributed by atoms with Crippen molar-refractivity contribution in [3.05, 3.63) is 56.7 Å². The molecule has 2 heterocycles. The second-order valence-electron chi connectivity index (χ2n) is 6.32. The molecule has 2 aromatic heterocycles. The summed E-state index contributed by atoms with van der Waals surface area (Å²) >= 11 is 0. The predicted molar refractivity (Wildman–Crippen MR) is 99.7 cm³/mol. The van der Waals surface area contributed by atoms with Crippen LogP contribution < -0.4 is 11.2 Å². The monoisotopic (exact) mass is 371 g/mol. The van der Waals surface area contributed by atoms with E-state index >= 15 is 0 Å². The molecule has 0 radical (unpaired) electrons. The van der Waals surface area contributed by atoms with E-state index in [2.05, 4.69) is 20.3 Å². The van der Waals surface area contributed by atoms with Crippen LogP contribution in [0.4, 0.5) is 5.95 Å². The number of hydrogen-bond acceptors (Lipinski definition) is 6. The van der Waals surface area contributed by atoms with E-state index in [4.69, 9.17) is 0 Å². The molecule has 0 amide bonds. The third-order valence-electron chi connectivity index (χ3n) is 4.55. The van der Waals surface area contributed by atoms with Gasteiger partial charge in [0, 0.05) is 21.1 Å². The Morgan fingerprint density at radius 3 is 2.52 bits per heavy atom. The molecule has 0 unspecified atom stereocenters.